The Balaban J connectivity index is 1.79. The van der Waals surface area contributed by atoms with Crippen molar-refractivity contribution in [3.05, 3.63) is 75.6 Å². The van der Waals surface area contributed by atoms with Gasteiger partial charge in [0.15, 0.2) is 5.75 Å². The first kappa shape index (κ1) is 19.5. The Morgan fingerprint density at radius 3 is 2.36 bits per heavy atom. The monoisotopic (exact) mass is 402 g/mol. The maximum absolute atomic E-state index is 11.4. The number of nitrogens with zero attached hydrogens (tertiary/aromatic N) is 3. The number of nitro groups is 1. The van der Waals surface area contributed by atoms with E-state index in [1.54, 1.807) is 0 Å². The van der Waals surface area contributed by atoms with E-state index in [-0.39, 0.29) is 17.3 Å². The van der Waals surface area contributed by atoms with Gasteiger partial charge in [0.1, 0.15) is 6.61 Å². The molecule has 0 aliphatic rings. The second-order valence-electron chi connectivity index (χ2n) is 6.23. The minimum absolute atomic E-state index is 0.0416. The quantitative estimate of drug-likeness (QED) is 0.498. The first-order valence-corrected chi connectivity index (χ1v) is 9.76. The number of aryl methyl sites for hydroxylation is 2. The third-order valence-electron chi connectivity index (χ3n) is 4.04. The van der Waals surface area contributed by atoms with Crippen LogP contribution in [0.2, 0.25) is 0 Å². The first-order valence-electron chi connectivity index (χ1n) is 8.22. The van der Waals surface area contributed by atoms with E-state index in [1.807, 2.05) is 48.9 Å². The molecule has 0 unspecified atom stereocenters. The normalized spacial score (nSPS) is 11.4. The van der Waals surface area contributed by atoms with Gasteiger partial charge < -0.3 is 4.74 Å². The van der Waals surface area contributed by atoms with Gasteiger partial charge in [-0.3, -0.25) is 10.1 Å². The van der Waals surface area contributed by atoms with Crippen LogP contribution in [-0.2, 0) is 16.6 Å². The maximum atomic E-state index is 11.4. The first-order chi connectivity index (χ1) is 13.1. The Morgan fingerprint density at radius 2 is 1.82 bits per heavy atom. The van der Waals surface area contributed by atoms with E-state index < -0.39 is 20.6 Å². The molecule has 0 spiro atoms. The average molecular weight is 402 g/mol. The van der Waals surface area contributed by atoms with Gasteiger partial charge in [-0.1, -0.05) is 12.1 Å². The van der Waals surface area contributed by atoms with E-state index >= 15 is 0 Å². The summed E-state index contributed by atoms with van der Waals surface area (Å²) in [6.45, 7) is 3.95. The highest BCUT2D eigenvalue weighted by Crippen LogP contribution is 2.30. The van der Waals surface area contributed by atoms with Crippen molar-refractivity contribution in [2.45, 2.75) is 25.3 Å². The van der Waals surface area contributed by atoms with Crippen molar-refractivity contribution >= 4 is 15.7 Å². The van der Waals surface area contributed by atoms with Gasteiger partial charge in [0.25, 0.3) is 0 Å². The zero-order chi connectivity index (χ0) is 20.5. The standard InChI is InChI=1S/C18H18N4O5S/c1-12-9-13(2)21(20-12)15-5-3-14(4-6-15)11-27-18-8-7-16(28(19,25)26)10-17(18)22(23)24/h3-10H,11H2,1-2H3,(H2,19,25,26). The summed E-state index contributed by atoms with van der Waals surface area (Å²) in [4.78, 5) is 10.2. The zero-order valence-electron chi connectivity index (χ0n) is 15.2. The molecule has 10 heteroatoms. The lowest BCUT2D eigenvalue weighted by molar-refractivity contribution is -0.386. The molecule has 0 aliphatic heterocycles. The second kappa shape index (κ2) is 7.41. The van der Waals surface area contributed by atoms with E-state index in [0.717, 1.165) is 28.7 Å². The summed E-state index contributed by atoms with van der Waals surface area (Å²) in [5, 5.41) is 20.7. The summed E-state index contributed by atoms with van der Waals surface area (Å²) in [7, 11) is -4.04. The lowest BCUT2D eigenvalue weighted by Crippen LogP contribution is -2.12. The van der Waals surface area contributed by atoms with Crippen LogP contribution in [0.15, 0.2) is 53.4 Å². The van der Waals surface area contributed by atoms with Gasteiger partial charge in [0.05, 0.1) is 21.2 Å². The van der Waals surface area contributed by atoms with Gasteiger partial charge in [-0.05, 0) is 49.7 Å². The molecule has 146 valence electrons. The van der Waals surface area contributed by atoms with Crippen LogP contribution in [0.5, 0.6) is 5.75 Å². The fraction of sp³-hybridized carbons (Fsp3) is 0.167. The molecule has 0 amide bonds. The van der Waals surface area contributed by atoms with Crippen LogP contribution in [0.25, 0.3) is 5.69 Å². The number of nitrogens with two attached hydrogens (primary N) is 1. The molecule has 3 rings (SSSR count). The molecule has 0 saturated carbocycles. The Kier molecular flexibility index (Phi) is 5.16. The number of benzene rings is 2. The predicted molar refractivity (Wildman–Crippen MR) is 102 cm³/mol. The molecule has 1 aromatic heterocycles. The van der Waals surface area contributed by atoms with E-state index in [0.29, 0.717) is 0 Å². The number of nitro benzene ring substituents is 1. The number of hydrogen-bond donors (Lipinski definition) is 1. The second-order valence-corrected chi connectivity index (χ2v) is 7.79. The molecule has 0 fully saturated rings. The molecule has 9 nitrogen and oxygen atoms in total. The van der Waals surface area contributed by atoms with Crippen LogP contribution in [0.1, 0.15) is 17.0 Å². The predicted octanol–water partition coefficient (Wildman–Crippen LogP) is 2.62. The van der Waals surface area contributed by atoms with Gasteiger partial charge in [-0.15, -0.1) is 0 Å². The number of sulfonamides is 1. The molecule has 0 saturated heterocycles. The highest BCUT2D eigenvalue weighted by molar-refractivity contribution is 7.89. The molecule has 3 aromatic rings. The Labute approximate surface area is 161 Å². The summed E-state index contributed by atoms with van der Waals surface area (Å²) in [5.41, 5.74) is 3.13. The van der Waals surface area contributed by atoms with Gasteiger partial charge in [0, 0.05) is 11.8 Å². The molecule has 0 aliphatic carbocycles. The summed E-state index contributed by atoms with van der Waals surface area (Å²) in [6, 6.07) is 12.7. The van der Waals surface area contributed by atoms with E-state index in [2.05, 4.69) is 5.10 Å². The third kappa shape index (κ3) is 4.18. The molecule has 0 radical (unpaired) electrons. The van der Waals surface area contributed by atoms with Crippen LogP contribution < -0.4 is 9.88 Å². The summed E-state index contributed by atoms with van der Waals surface area (Å²) < 4.78 is 30.1. The van der Waals surface area contributed by atoms with Crippen molar-refractivity contribution < 1.29 is 18.1 Å². The van der Waals surface area contributed by atoms with Crippen LogP contribution in [0, 0.1) is 24.0 Å². The molecule has 2 N–H and O–H groups in total. The molecule has 1 heterocycles. The van der Waals surface area contributed by atoms with Gasteiger partial charge >= 0.3 is 5.69 Å². The molecular weight excluding hydrogens is 384 g/mol. The Bertz CT molecular complexity index is 1140. The SMILES string of the molecule is Cc1cc(C)n(-c2ccc(COc3ccc(S(N)(=O)=O)cc3[N+](=O)[O-])cc2)n1. The molecule has 28 heavy (non-hydrogen) atoms. The van der Waals surface area contributed by atoms with Crippen molar-refractivity contribution in [1.29, 1.82) is 0 Å². The van der Waals surface area contributed by atoms with Crippen molar-refractivity contribution in [3.8, 4) is 11.4 Å². The molecule has 0 bridgehead atoms. The summed E-state index contributed by atoms with van der Waals surface area (Å²) in [5.74, 6) is -0.0416. The van der Waals surface area contributed by atoms with Crippen molar-refractivity contribution in [3.63, 3.8) is 0 Å². The zero-order valence-corrected chi connectivity index (χ0v) is 16.0. The van der Waals surface area contributed by atoms with E-state index in [1.165, 1.54) is 12.1 Å². The van der Waals surface area contributed by atoms with Crippen LogP contribution in [0.3, 0.4) is 0 Å². The number of ether oxygens (including phenoxy) is 1. The average Bonchev–Trinajstić information content (AvgIpc) is 2.97. The van der Waals surface area contributed by atoms with E-state index in [9.17, 15) is 18.5 Å². The van der Waals surface area contributed by atoms with Gasteiger partial charge in [0.2, 0.25) is 10.0 Å². The van der Waals surface area contributed by atoms with Gasteiger partial charge in [-0.25, -0.2) is 18.2 Å². The molecule has 2 aromatic carbocycles. The highest BCUT2D eigenvalue weighted by Gasteiger charge is 2.20. The highest BCUT2D eigenvalue weighted by atomic mass is 32.2. The Hall–Kier alpha value is -3.24. The third-order valence-corrected chi connectivity index (χ3v) is 4.95. The largest absolute Gasteiger partial charge is 0.482 e. The van der Waals surface area contributed by atoms with Crippen molar-refractivity contribution in [2.24, 2.45) is 5.14 Å². The van der Waals surface area contributed by atoms with Crippen LogP contribution in [-0.4, -0.2) is 23.1 Å². The fourth-order valence-corrected chi connectivity index (χ4v) is 3.26. The number of aromatic nitrogens is 2. The van der Waals surface area contributed by atoms with Gasteiger partial charge in [-0.2, -0.15) is 5.10 Å². The smallest absolute Gasteiger partial charge is 0.312 e. The van der Waals surface area contributed by atoms with E-state index in [4.69, 9.17) is 9.88 Å². The number of rotatable bonds is 6. The topological polar surface area (TPSA) is 130 Å². The van der Waals surface area contributed by atoms with Crippen molar-refractivity contribution in [2.75, 3.05) is 0 Å². The maximum Gasteiger partial charge on any atom is 0.312 e. The lowest BCUT2D eigenvalue weighted by atomic mass is 10.2. The minimum atomic E-state index is -4.04. The molecular formula is C18H18N4O5S. The fourth-order valence-electron chi connectivity index (χ4n) is 2.72. The van der Waals surface area contributed by atoms with Crippen LogP contribution in [0.4, 0.5) is 5.69 Å². The molecule has 0 atom stereocenters. The van der Waals surface area contributed by atoms with Crippen LogP contribution >= 0.6 is 0 Å². The van der Waals surface area contributed by atoms with Crippen molar-refractivity contribution in [1.82, 2.24) is 9.78 Å². The summed E-state index contributed by atoms with van der Waals surface area (Å²) >= 11 is 0. The minimum Gasteiger partial charge on any atom is -0.482 e. The lowest BCUT2D eigenvalue weighted by Gasteiger charge is -2.09. The summed E-state index contributed by atoms with van der Waals surface area (Å²) in [6.07, 6.45) is 0. The number of primary sulfonamides is 1. The number of hydrogen-bond acceptors (Lipinski definition) is 6. The Morgan fingerprint density at radius 1 is 1.14 bits per heavy atom.